The van der Waals surface area contributed by atoms with E-state index >= 15 is 9.59 Å². The smallest absolute Gasteiger partial charge is 0.356 e. The number of hydrogen-bond donors (Lipinski definition) is 1. The molecule has 2 unspecified atom stereocenters. The minimum absolute atomic E-state index is 0.0579. The monoisotopic (exact) mass is 866 g/mol. The van der Waals surface area contributed by atoms with Crippen LogP contribution in [-0.4, -0.2) is 45.0 Å². The first kappa shape index (κ1) is 43.2. The summed E-state index contributed by atoms with van der Waals surface area (Å²) in [5.74, 6) is 2.28. The van der Waals surface area contributed by atoms with E-state index < -0.39 is 35.4 Å². The van der Waals surface area contributed by atoms with Crippen LogP contribution in [0.15, 0.2) is 200 Å². The minimum Gasteiger partial charge on any atom is -0.455 e. The van der Waals surface area contributed by atoms with Crippen molar-refractivity contribution < 1.29 is 18.7 Å². The van der Waals surface area contributed by atoms with Gasteiger partial charge in [-0.3, -0.25) is 15.0 Å². The predicted octanol–water partition coefficient (Wildman–Crippen LogP) is 9.36. The van der Waals surface area contributed by atoms with Gasteiger partial charge in [-0.25, -0.2) is 9.18 Å². The van der Waals surface area contributed by atoms with Gasteiger partial charge in [-0.05, 0) is 64.7 Å². The molecule has 3 aliphatic rings. The second-order valence-electron chi connectivity index (χ2n) is 16.3. The topological polar surface area (TPSA) is 58.6 Å². The second-order valence-corrected chi connectivity index (χ2v) is 20.7. The molecule has 0 saturated carbocycles. The number of thioether (sulfide) groups is 1. The molecule has 2 aliphatic carbocycles. The number of carbonyl (C=O) groups excluding carboxylic acids is 2. The number of amides is 1. The lowest BCUT2D eigenvalue weighted by Gasteiger charge is -2.52. The number of ether oxygens (including phenoxy) is 1. The fourth-order valence-electron chi connectivity index (χ4n) is 8.41. The second kappa shape index (κ2) is 18.5. The van der Waals surface area contributed by atoms with Crippen molar-refractivity contribution in [2.45, 2.75) is 43.3 Å². The van der Waals surface area contributed by atoms with Gasteiger partial charge in [-0.2, -0.15) is 0 Å². The molecule has 6 aromatic rings. The Labute approximate surface area is 373 Å². The SMILES string of the molecule is C#CCSC1C(NC(c2ccccc2)(c2ccccc2)c2ccccc2)C(=O)N1C(C(=O)OC(C)(C)C)=P(c1ccccc1)(c1ccccc1)c1ccccc1.Fc1cc2ccc1=2. The Hall–Kier alpha value is -6.42. The molecule has 9 rings (SSSR count). The third kappa shape index (κ3) is 8.31. The highest BCUT2D eigenvalue weighted by molar-refractivity contribution is 8.00. The number of rotatable bonds is 12. The summed E-state index contributed by atoms with van der Waals surface area (Å²) in [6.45, 7) is 2.44. The van der Waals surface area contributed by atoms with Crippen LogP contribution in [-0.2, 0) is 19.9 Å². The van der Waals surface area contributed by atoms with E-state index in [9.17, 15) is 4.39 Å². The molecule has 6 aromatic carbocycles. The van der Waals surface area contributed by atoms with Crippen molar-refractivity contribution in [1.82, 2.24) is 10.2 Å². The van der Waals surface area contributed by atoms with Gasteiger partial charge in [0.2, 0.25) is 5.91 Å². The summed E-state index contributed by atoms with van der Waals surface area (Å²) in [7, 11) is 0. The maximum absolute atomic E-state index is 15.5. The predicted molar refractivity (Wildman–Crippen MR) is 258 cm³/mol. The van der Waals surface area contributed by atoms with Gasteiger partial charge in [0.1, 0.15) is 28.3 Å². The molecule has 1 heterocycles. The molecule has 314 valence electrons. The number of likely N-dealkylation sites (tertiary alicyclic amines) is 1. The van der Waals surface area contributed by atoms with Crippen LogP contribution in [0.5, 0.6) is 0 Å². The molecule has 0 spiro atoms. The summed E-state index contributed by atoms with van der Waals surface area (Å²) in [6, 6.07) is 65.3. The summed E-state index contributed by atoms with van der Waals surface area (Å²) in [5, 5.41) is 8.01. The summed E-state index contributed by atoms with van der Waals surface area (Å²) in [6.07, 6.45) is 5.97. The minimum atomic E-state index is -3.13. The van der Waals surface area contributed by atoms with Crippen LogP contribution >= 0.6 is 18.6 Å². The Bertz CT molecular complexity index is 2710. The molecule has 2 atom stereocenters. The van der Waals surface area contributed by atoms with Crippen molar-refractivity contribution >= 4 is 51.9 Å². The highest BCUT2D eigenvalue weighted by Crippen LogP contribution is 2.50. The van der Waals surface area contributed by atoms with Crippen molar-refractivity contribution in [3.05, 3.63) is 233 Å². The van der Waals surface area contributed by atoms with Gasteiger partial charge in [0.15, 0.2) is 0 Å². The average molecular weight is 867 g/mol. The number of esters is 1. The zero-order valence-electron chi connectivity index (χ0n) is 35.4. The van der Waals surface area contributed by atoms with E-state index in [-0.39, 0.29) is 11.7 Å². The average Bonchev–Trinajstić information content (AvgIpc) is 3.31. The molecular weight excluding hydrogens is 819 g/mol. The molecular formula is C55H48FN2O3PS. The molecule has 63 heavy (non-hydrogen) atoms. The molecule has 5 nitrogen and oxygen atoms in total. The number of terminal acetylenes is 1. The first-order valence-electron chi connectivity index (χ1n) is 20.9. The van der Waals surface area contributed by atoms with Crippen LogP contribution in [0.25, 0.3) is 0 Å². The molecule has 0 radical (unpaired) electrons. The van der Waals surface area contributed by atoms with E-state index in [0.29, 0.717) is 11.2 Å². The van der Waals surface area contributed by atoms with Crippen molar-refractivity contribution in [2.75, 3.05) is 5.75 Å². The lowest BCUT2D eigenvalue weighted by molar-refractivity contribution is -0.151. The molecule has 1 aliphatic heterocycles. The van der Waals surface area contributed by atoms with Crippen molar-refractivity contribution in [1.29, 1.82) is 0 Å². The van der Waals surface area contributed by atoms with Crippen LogP contribution in [0.4, 0.5) is 4.39 Å². The maximum atomic E-state index is 15.5. The number of β-lactam (4-membered cyclic amide) rings is 1. The fraction of sp³-hybridized carbons (Fsp3) is 0.145. The van der Waals surface area contributed by atoms with Crippen molar-refractivity contribution in [3.63, 3.8) is 0 Å². The van der Waals surface area contributed by atoms with E-state index in [1.807, 2.05) is 136 Å². The summed E-state index contributed by atoms with van der Waals surface area (Å²) >= 11 is 1.47. The summed E-state index contributed by atoms with van der Waals surface area (Å²) < 4.78 is 18.3. The zero-order valence-corrected chi connectivity index (χ0v) is 37.1. The van der Waals surface area contributed by atoms with Crippen LogP contribution in [0.3, 0.4) is 0 Å². The van der Waals surface area contributed by atoms with Gasteiger partial charge in [0.25, 0.3) is 0 Å². The van der Waals surface area contributed by atoms with Crippen LogP contribution < -0.4 is 21.2 Å². The quantitative estimate of drug-likeness (QED) is 0.0437. The van der Waals surface area contributed by atoms with E-state index in [4.69, 9.17) is 11.2 Å². The highest BCUT2D eigenvalue weighted by atomic mass is 32.2. The van der Waals surface area contributed by atoms with Gasteiger partial charge < -0.3 is 4.74 Å². The lowest BCUT2D eigenvalue weighted by Crippen LogP contribution is -2.74. The molecule has 1 saturated heterocycles. The number of nitrogens with zero attached hydrogens (tertiary/aromatic N) is 1. The molecule has 0 aromatic heterocycles. The Morgan fingerprint density at radius 2 is 1.10 bits per heavy atom. The maximum Gasteiger partial charge on any atom is 0.356 e. The molecule has 8 heteroatoms. The van der Waals surface area contributed by atoms with Gasteiger partial charge in [0.05, 0.1) is 11.3 Å². The Morgan fingerprint density at radius 1 is 0.683 bits per heavy atom. The van der Waals surface area contributed by atoms with Crippen molar-refractivity contribution in [3.8, 4) is 12.3 Å². The van der Waals surface area contributed by atoms with E-state index in [1.165, 1.54) is 17.8 Å². The summed E-state index contributed by atoms with van der Waals surface area (Å²) in [4.78, 5) is 32.5. The van der Waals surface area contributed by atoms with Crippen LogP contribution in [0, 0.1) is 28.6 Å². The van der Waals surface area contributed by atoms with Gasteiger partial charge in [-0.15, -0.1) is 18.2 Å². The first-order chi connectivity index (χ1) is 30.6. The van der Waals surface area contributed by atoms with Gasteiger partial charge in [-0.1, -0.05) is 200 Å². The Morgan fingerprint density at radius 3 is 1.40 bits per heavy atom. The van der Waals surface area contributed by atoms with E-state index in [0.717, 1.165) is 43.0 Å². The van der Waals surface area contributed by atoms with E-state index in [1.54, 1.807) is 11.0 Å². The largest absolute Gasteiger partial charge is 0.455 e. The van der Waals surface area contributed by atoms with E-state index in [2.05, 4.69) is 84.0 Å². The number of halogens is 1. The lowest BCUT2D eigenvalue weighted by atomic mass is 9.76. The standard InChI is InChI=1S/C49H45N2O3PS.C6H3F/c1-5-36-56-46-43(50-49(37-24-12-6-13-25-37,38-26-14-7-15-27-38)39-28-16-8-17-29-39)44(52)51(46)45(47(53)54-48(2,3)4)55(40-30-18-9-19-31-40,41-32-20-10-21-33-41)42-34-22-11-23-35-42;7-6-3-4-1-2-5(4)6/h1,6-35,43,46,50H,36H2,2-4H3;1-3H. The zero-order chi connectivity index (χ0) is 44.0. The number of benzene rings is 7. The highest BCUT2D eigenvalue weighted by Gasteiger charge is 2.57. The van der Waals surface area contributed by atoms with Crippen molar-refractivity contribution in [2.24, 2.45) is 0 Å². The van der Waals surface area contributed by atoms with Crippen LogP contribution in [0.2, 0.25) is 0 Å². The molecule has 1 N–H and O–H groups in total. The molecule has 0 bridgehead atoms. The number of hydrogen-bond acceptors (Lipinski definition) is 5. The van der Waals surface area contributed by atoms with Gasteiger partial charge >= 0.3 is 5.97 Å². The Kier molecular flexibility index (Phi) is 12.7. The molecule has 1 fully saturated rings. The third-order valence-corrected chi connectivity index (χ3v) is 16.6. The molecule has 1 amide bonds. The number of carbonyl (C=O) groups is 2. The van der Waals surface area contributed by atoms with Crippen LogP contribution in [0.1, 0.15) is 37.5 Å². The summed E-state index contributed by atoms with van der Waals surface area (Å²) in [5.41, 5.74) is 1.44. The first-order valence-corrected chi connectivity index (χ1v) is 23.7. The number of nitrogens with one attached hydrogen (secondary N) is 1. The van der Waals surface area contributed by atoms with Gasteiger partial charge in [0, 0.05) is 12.1 Å². The normalized spacial score (nSPS) is 15.2. The third-order valence-electron chi connectivity index (χ3n) is 11.2. The fourth-order valence-corrected chi connectivity index (χ4v) is 13.8. The Balaban J connectivity index is 0.000000700.